The Morgan fingerprint density at radius 3 is 2.47 bits per heavy atom. The summed E-state index contributed by atoms with van der Waals surface area (Å²) < 4.78 is 49.5. The lowest BCUT2D eigenvalue weighted by Crippen LogP contribution is -2.06. The zero-order valence-corrected chi connectivity index (χ0v) is 18.6. The van der Waals surface area contributed by atoms with Crippen LogP contribution in [0, 0.1) is 11.6 Å². The van der Waals surface area contributed by atoms with Gasteiger partial charge in [0, 0.05) is 18.2 Å². The molecule has 174 valence electrons. The van der Waals surface area contributed by atoms with Crippen molar-refractivity contribution in [1.82, 2.24) is 10.1 Å². The number of para-hydroxylation sites is 1. The molecule has 7 nitrogen and oxygen atoms in total. The Hall–Kier alpha value is -4.11. The summed E-state index contributed by atoms with van der Waals surface area (Å²) in [6.07, 6.45) is 0. The summed E-state index contributed by atoms with van der Waals surface area (Å²) in [7, 11) is 4.26. The Balaban J connectivity index is 1.72. The number of halogens is 2. The first-order valence-electron chi connectivity index (χ1n) is 10.1. The molecule has 0 N–H and O–H groups in total. The third-order valence-electron chi connectivity index (χ3n) is 5.18. The van der Waals surface area contributed by atoms with E-state index in [-0.39, 0.29) is 17.3 Å². The van der Waals surface area contributed by atoms with Gasteiger partial charge in [0.25, 0.3) is 5.89 Å². The van der Waals surface area contributed by atoms with E-state index in [1.807, 2.05) is 36.4 Å². The van der Waals surface area contributed by atoms with Gasteiger partial charge >= 0.3 is 5.97 Å². The molecule has 0 saturated heterocycles. The maximum atomic E-state index is 14.6. The van der Waals surface area contributed by atoms with Gasteiger partial charge in [-0.3, -0.25) is 0 Å². The first-order chi connectivity index (χ1) is 16.5. The number of hydrogen-bond acceptors (Lipinski definition) is 7. The van der Waals surface area contributed by atoms with Crippen molar-refractivity contribution in [2.45, 2.75) is 6.61 Å². The van der Waals surface area contributed by atoms with Crippen LogP contribution in [0.2, 0.25) is 0 Å². The Morgan fingerprint density at radius 2 is 1.74 bits per heavy atom. The van der Waals surface area contributed by atoms with Crippen LogP contribution in [0.1, 0.15) is 15.9 Å². The van der Waals surface area contributed by atoms with Crippen molar-refractivity contribution in [3.8, 4) is 39.7 Å². The van der Waals surface area contributed by atoms with Crippen LogP contribution in [0.4, 0.5) is 8.78 Å². The maximum absolute atomic E-state index is 14.6. The van der Waals surface area contributed by atoms with Crippen LogP contribution in [0.25, 0.3) is 34.0 Å². The smallest absolute Gasteiger partial charge is 0.340 e. The molecule has 3 aromatic carbocycles. The summed E-state index contributed by atoms with van der Waals surface area (Å²) in [4.78, 5) is 15.8. The van der Waals surface area contributed by atoms with E-state index in [0.717, 1.165) is 35.9 Å². The highest BCUT2D eigenvalue weighted by molar-refractivity contribution is 5.90. The highest BCUT2D eigenvalue weighted by Gasteiger charge is 2.21. The van der Waals surface area contributed by atoms with Gasteiger partial charge in [-0.2, -0.15) is 4.98 Å². The van der Waals surface area contributed by atoms with Crippen molar-refractivity contribution in [3.05, 3.63) is 77.4 Å². The molecule has 0 aliphatic carbocycles. The fourth-order valence-electron chi connectivity index (χ4n) is 3.57. The Morgan fingerprint density at radius 1 is 0.941 bits per heavy atom. The number of rotatable bonds is 7. The predicted octanol–water partition coefficient (Wildman–Crippen LogP) is 5.29. The molecule has 0 spiro atoms. The van der Waals surface area contributed by atoms with Gasteiger partial charge < -0.3 is 18.7 Å². The Bertz CT molecular complexity index is 1350. The molecule has 0 radical (unpaired) electrons. The van der Waals surface area contributed by atoms with Gasteiger partial charge in [-0.25, -0.2) is 13.6 Å². The van der Waals surface area contributed by atoms with E-state index in [0.29, 0.717) is 17.9 Å². The van der Waals surface area contributed by atoms with Gasteiger partial charge in [-0.05, 0) is 41.5 Å². The van der Waals surface area contributed by atoms with Gasteiger partial charge in [-0.15, -0.1) is 0 Å². The summed E-state index contributed by atoms with van der Waals surface area (Å²) in [6, 6.07) is 14.6. The fourth-order valence-corrected chi connectivity index (χ4v) is 3.57. The molecule has 1 aromatic heterocycles. The lowest BCUT2D eigenvalue weighted by Gasteiger charge is -2.13. The van der Waals surface area contributed by atoms with E-state index >= 15 is 0 Å². The van der Waals surface area contributed by atoms with Crippen LogP contribution in [-0.2, 0) is 16.1 Å². The first-order valence-corrected chi connectivity index (χ1v) is 10.1. The van der Waals surface area contributed by atoms with E-state index in [2.05, 4.69) is 14.9 Å². The highest BCUT2D eigenvalue weighted by atomic mass is 19.1. The third-order valence-corrected chi connectivity index (χ3v) is 5.18. The van der Waals surface area contributed by atoms with E-state index in [9.17, 15) is 13.6 Å². The molecule has 0 unspecified atom stereocenters. The number of methoxy groups -OCH3 is 3. The predicted molar refractivity (Wildman–Crippen MR) is 119 cm³/mol. The van der Waals surface area contributed by atoms with Crippen molar-refractivity contribution in [2.24, 2.45) is 0 Å². The van der Waals surface area contributed by atoms with Crippen LogP contribution < -0.4 is 4.74 Å². The van der Waals surface area contributed by atoms with Gasteiger partial charge in [0.05, 0.1) is 32.0 Å². The average molecular weight is 466 g/mol. The molecular weight excluding hydrogens is 446 g/mol. The van der Waals surface area contributed by atoms with E-state index < -0.39 is 23.2 Å². The number of esters is 1. The summed E-state index contributed by atoms with van der Waals surface area (Å²) >= 11 is 0. The summed E-state index contributed by atoms with van der Waals surface area (Å²) in [6.45, 7) is 0.303. The SMILES string of the molecule is COCc1cc(-c2nc(-c3cc(F)c(C(=O)OC)cc3F)no2)ccc1-c1ccccc1OC. The standard InChI is InChI=1S/C25H20F2N2O5/c1-31-13-15-10-14(8-9-16(15)17-6-4-5-7-22(17)32-2)24-28-23(29-34-24)18-11-21(27)19(12-20(18)26)25(30)33-3/h4-12H,13H2,1-3H3. The van der Waals surface area contributed by atoms with E-state index in [1.165, 1.54) is 0 Å². The van der Waals surface area contributed by atoms with Crippen LogP contribution in [0.5, 0.6) is 5.75 Å². The second-order valence-electron chi connectivity index (χ2n) is 7.23. The van der Waals surface area contributed by atoms with Crippen molar-refractivity contribution in [1.29, 1.82) is 0 Å². The van der Waals surface area contributed by atoms with E-state index in [4.69, 9.17) is 14.0 Å². The number of carbonyl (C=O) groups is 1. The van der Waals surface area contributed by atoms with Gasteiger partial charge in [0.15, 0.2) is 0 Å². The van der Waals surface area contributed by atoms with Crippen LogP contribution in [0.15, 0.2) is 59.1 Å². The Labute approximate surface area is 193 Å². The maximum Gasteiger partial charge on any atom is 0.340 e. The molecule has 34 heavy (non-hydrogen) atoms. The summed E-state index contributed by atoms with van der Waals surface area (Å²) in [5.41, 5.74) is 2.42. The van der Waals surface area contributed by atoms with Gasteiger partial charge in [0.1, 0.15) is 17.4 Å². The number of aromatic nitrogens is 2. The third kappa shape index (κ3) is 4.38. The number of nitrogens with zero attached hydrogens (tertiary/aromatic N) is 2. The zero-order valence-electron chi connectivity index (χ0n) is 18.6. The molecule has 0 amide bonds. The second kappa shape index (κ2) is 9.80. The summed E-state index contributed by atoms with van der Waals surface area (Å²) in [5, 5.41) is 3.78. The van der Waals surface area contributed by atoms with Gasteiger partial charge in [-0.1, -0.05) is 29.4 Å². The quantitative estimate of drug-likeness (QED) is 0.342. The molecule has 0 saturated carbocycles. The Kier molecular flexibility index (Phi) is 6.65. The number of hydrogen-bond donors (Lipinski definition) is 0. The van der Waals surface area contributed by atoms with Crippen LogP contribution in [0.3, 0.4) is 0 Å². The minimum Gasteiger partial charge on any atom is -0.496 e. The molecule has 0 fully saturated rings. The number of benzene rings is 3. The fraction of sp³-hybridized carbons (Fsp3) is 0.160. The van der Waals surface area contributed by atoms with Crippen molar-refractivity contribution >= 4 is 5.97 Å². The van der Waals surface area contributed by atoms with Crippen molar-refractivity contribution in [3.63, 3.8) is 0 Å². The van der Waals surface area contributed by atoms with Crippen molar-refractivity contribution < 1.29 is 32.3 Å². The largest absolute Gasteiger partial charge is 0.496 e. The lowest BCUT2D eigenvalue weighted by atomic mass is 9.97. The molecule has 0 aliphatic rings. The minimum atomic E-state index is -0.988. The topological polar surface area (TPSA) is 83.7 Å². The molecule has 9 heteroatoms. The normalized spacial score (nSPS) is 10.9. The minimum absolute atomic E-state index is 0.107. The zero-order chi connectivity index (χ0) is 24.2. The molecule has 0 aliphatic heterocycles. The lowest BCUT2D eigenvalue weighted by molar-refractivity contribution is 0.0595. The second-order valence-corrected chi connectivity index (χ2v) is 7.23. The van der Waals surface area contributed by atoms with Gasteiger partial charge in [0.2, 0.25) is 5.82 Å². The van der Waals surface area contributed by atoms with Crippen molar-refractivity contribution in [2.75, 3.05) is 21.3 Å². The van der Waals surface area contributed by atoms with E-state index in [1.54, 1.807) is 20.3 Å². The van der Waals surface area contributed by atoms with Crippen LogP contribution >= 0.6 is 0 Å². The molecule has 0 bridgehead atoms. The average Bonchev–Trinajstić information content (AvgIpc) is 3.35. The number of ether oxygens (including phenoxy) is 3. The monoisotopic (exact) mass is 466 g/mol. The molecule has 4 rings (SSSR count). The molecule has 1 heterocycles. The molecule has 4 aromatic rings. The first kappa shape index (κ1) is 23.1. The highest BCUT2D eigenvalue weighted by Crippen LogP contribution is 2.35. The summed E-state index contributed by atoms with van der Waals surface area (Å²) in [5.74, 6) is -2.18. The van der Waals surface area contributed by atoms with Crippen LogP contribution in [-0.4, -0.2) is 37.4 Å². The molecule has 0 atom stereocenters. The molecular formula is C25H20F2N2O5. The number of carbonyl (C=O) groups excluding carboxylic acids is 1.